The lowest BCUT2D eigenvalue weighted by Crippen LogP contribution is -2.43. The number of rotatable bonds is 7. The summed E-state index contributed by atoms with van der Waals surface area (Å²) in [6, 6.07) is 0. The molecule has 1 rings (SSSR count). The van der Waals surface area contributed by atoms with Gasteiger partial charge in [-0.15, -0.1) is 0 Å². The molecule has 19 heavy (non-hydrogen) atoms. The van der Waals surface area contributed by atoms with Crippen LogP contribution in [0.3, 0.4) is 0 Å². The van der Waals surface area contributed by atoms with Crippen molar-refractivity contribution in [3.63, 3.8) is 0 Å². The number of aliphatic hydroxyl groups excluding tert-OH is 1. The third-order valence-electron chi connectivity index (χ3n) is 3.34. The topological polar surface area (TPSA) is 41.9 Å². The van der Waals surface area contributed by atoms with Crippen LogP contribution in [-0.2, 0) is 9.47 Å². The number of ether oxygens (including phenoxy) is 2. The van der Waals surface area contributed by atoms with Crippen LogP contribution in [0.2, 0.25) is 0 Å². The van der Waals surface area contributed by atoms with Gasteiger partial charge in [-0.05, 0) is 53.0 Å². The van der Waals surface area contributed by atoms with Crippen molar-refractivity contribution in [2.45, 2.75) is 52.2 Å². The Kier molecular flexibility index (Phi) is 7.29. The fourth-order valence-corrected chi connectivity index (χ4v) is 2.43. The first-order chi connectivity index (χ1) is 8.90. The molecule has 0 aromatic carbocycles. The first-order valence-corrected chi connectivity index (χ1v) is 7.53. The van der Waals surface area contributed by atoms with Gasteiger partial charge in [-0.25, -0.2) is 0 Å². The third-order valence-corrected chi connectivity index (χ3v) is 3.34. The molecule has 0 amide bonds. The monoisotopic (exact) mass is 273 g/mol. The molecule has 2 atom stereocenters. The molecule has 4 heteroatoms. The zero-order valence-corrected chi connectivity index (χ0v) is 13.0. The summed E-state index contributed by atoms with van der Waals surface area (Å²) in [5.41, 5.74) is -0.180. The maximum atomic E-state index is 10.0. The highest BCUT2D eigenvalue weighted by Gasteiger charge is 2.22. The van der Waals surface area contributed by atoms with Crippen LogP contribution in [0.1, 0.15) is 40.5 Å². The van der Waals surface area contributed by atoms with Gasteiger partial charge in [-0.2, -0.15) is 0 Å². The summed E-state index contributed by atoms with van der Waals surface area (Å²) in [4.78, 5) is 2.34. The standard InChI is InChI=1S/C15H31NO3/c1-5-18-11-13-7-6-8-16(9-13)10-14(17)12-19-15(2,3)4/h13-14,17H,5-12H2,1-4H3. The summed E-state index contributed by atoms with van der Waals surface area (Å²) in [5.74, 6) is 0.615. The molecule has 1 aliphatic rings. The van der Waals surface area contributed by atoms with Crippen molar-refractivity contribution in [2.24, 2.45) is 5.92 Å². The van der Waals surface area contributed by atoms with Crippen LogP contribution in [0.15, 0.2) is 0 Å². The molecule has 0 aromatic rings. The molecule has 1 fully saturated rings. The highest BCUT2D eigenvalue weighted by Crippen LogP contribution is 2.17. The molecule has 0 radical (unpaired) electrons. The molecule has 0 saturated carbocycles. The third kappa shape index (κ3) is 7.88. The average Bonchev–Trinajstić information content (AvgIpc) is 2.33. The van der Waals surface area contributed by atoms with E-state index in [-0.39, 0.29) is 5.60 Å². The summed E-state index contributed by atoms with van der Waals surface area (Å²) in [5, 5.41) is 10.0. The zero-order chi connectivity index (χ0) is 14.3. The van der Waals surface area contributed by atoms with Gasteiger partial charge in [-0.1, -0.05) is 0 Å². The summed E-state index contributed by atoms with van der Waals surface area (Å²) >= 11 is 0. The number of hydrogen-bond donors (Lipinski definition) is 1. The first-order valence-electron chi connectivity index (χ1n) is 7.53. The van der Waals surface area contributed by atoms with Gasteiger partial charge in [-0.3, -0.25) is 0 Å². The minimum Gasteiger partial charge on any atom is -0.389 e. The van der Waals surface area contributed by atoms with E-state index >= 15 is 0 Å². The molecule has 2 unspecified atom stereocenters. The molecule has 0 spiro atoms. The lowest BCUT2D eigenvalue weighted by Gasteiger charge is -2.34. The van der Waals surface area contributed by atoms with E-state index in [4.69, 9.17) is 9.47 Å². The number of β-amino-alcohol motifs (C(OH)–C–C–N with tert-alkyl or cyclic N) is 1. The second-order valence-electron chi connectivity index (χ2n) is 6.50. The van der Waals surface area contributed by atoms with Crippen molar-refractivity contribution >= 4 is 0 Å². The largest absolute Gasteiger partial charge is 0.389 e. The maximum Gasteiger partial charge on any atom is 0.0900 e. The van der Waals surface area contributed by atoms with E-state index in [1.807, 2.05) is 27.7 Å². The molecule has 1 saturated heterocycles. The van der Waals surface area contributed by atoms with Gasteiger partial charge in [0.1, 0.15) is 0 Å². The van der Waals surface area contributed by atoms with Crippen LogP contribution < -0.4 is 0 Å². The fraction of sp³-hybridized carbons (Fsp3) is 1.00. The van der Waals surface area contributed by atoms with E-state index in [0.29, 0.717) is 19.1 Å². The van der Waals surface area contributed by atoms with Gasteiger partial charge < -0.3 is 19.5 Å². The molecule has 4 nitrogen and oxygen atoms in total. The Balaban J connectivity index is 2.23. The van der Waals surface area contributed by atoms with Crippen molar-refractivity contribution in [2.75, 3.05) is 39.5 Å². The molecule has 1 N–H and O–H groups in total. The molecule has 1 heterocycles. The molecule has 0 bridgehead atoms. The van der Waals surface area contributed by atoms with Crippen LogP contribution >= 0.6 is 0 Å². The fourth-order valence-electron chi connectivity index (χ4n) is 2.43. The predicted molar refractivity (Wildman–Crippen MR) is 77.4 cm³/mol. The normalized spacial score (nSPS) is 23.5. The van der Waals surface area contributed by atoms with Gasteiger partial charge in [0.2, 0.25) is 0 Å². The van der Waals surface area contributed by atoms with Crippen LogP contribution in [-0.4, -0.2) is 61.2 Å². The highest BCUT2D eigenvalue weighted by atomic mass is 16.5. The number of likely N-dealkylation sites (tertiary alicyclic amines) is 1. The van der Waals surface area contributed by atoms with Gasteiger partial charge in [0.15, 0.2) is 0 Å². The van der Waals surface area contributed by atoms with Crippen LogP contribution in [0, 0.1) is 5.92 Å². The van der Waals surface area contributed by atoms with Gasteiger partial charge in [0.05, 0.1) is 24.9 Å². The van der Waals surface area contributed by atoms with E-state index in [2.05, 4.69) is 4.90 Å². The first kappa shape index (κ1) is 16.9. The Labute approximate surface area is 118 Å². The van der Waals surface area contributed by atoms with Crippen molar-refractivity contribution in [3.05, 3.63) is 0 Å². The quantitative estimate of drug-likeness (QED) is 0.769. The Bertz CT molecular complexity index is 240. The molecular formula is C15H31NO3. The van der Waals surface area contributed by atoms with Crippen LogP contribution in [0.4, 0.5) is 0 Å². The van der Waals surface area contributed by atoms with E-state index in [1.165, 1.54) is 12.8 Å². The smallest absolute Gasteiger partial charge is 0.0900 e. The van der Waals surface area contributed by atoms with Crippen LogP contribution in [0.5, 0.6) is 0 Å². The van der Waals surface area contributed by atoms with Gasteiger partial charge in [0, 0.05) is 19.7 Å². The Hall–Kier alpha value is -0.160. The summed E-state index contributed by atoms with van der Waals surface area (Å²) in [6.45, 7) is 12.9. The second kappa shape index (κ2) is 8.20. The highest BCUT2D eigenvalue weighted by molar-refractivity contribution is 4.75. The SMILES string of the molecule is CCOCC1CCCN(CC(O)COC(C)(C)C)C1. The predicted octanol–water partition coefficient (Wildman–Crippen LogP) is 1.91. The van der Waals surface area contributed by atoms with E-state index in [0.717, 1.165) is 26.3 Å². The lowest BCUT2D eigenvalue weighted by molar-refractivity contribution is -0.0596. The molecule has 114 valence electrons. The molecular weight excluding hydrogens is 242 g/mol. The van der Waals surface area contributed by atoms with Crippen molar-refractivity contribution < 1.29 is 14.6 Å². The number of hydrogen-bond acceptors (Lipinski definition) is 4. The van der Waals surface area contributed by atoms with Crippen molar-refractivity contribution in [1.29, 1.82) is 0 Å². The molecule has 0 aromatic heterocycles. The Morgan fingerprint density at radius 2 is 2.11 bits per heavy atom. The number of nitrogens with zero attached hydrogens (tertiary/aromatic N) is 1. The van der Waals surface area contributed by atoms with Gasteiger partial charge >= 0.3 is 0 Å². The van der Waals surface area contributed by atoms with Crippen molar-refractivity contribution in [1.82, 2.24) is 4.90 Å². The van der Waals surface area contributed by atoms with Crippen LogP contribution in [0.25, 0.3) is 0 Å². The lowest BCUT2D eigenvalue weighted by atomic mass is 9.99. The molecule has 1 aliphatic heterocycles. The van der Waals surface area contributed by atoms with E-state index < -0.39 is 6.10 Å². The Morgan fingerprint density at radius 3 is 2.74 bits per heavy atom. The minimum atomic E-state index is -0.398. The summed E-state index contributed by atoms with van der Waals surface area (Å²) in [7, 11) is 0. The van der Waals surface area contributed by atoms with E-state index in [1.54, 1.807) is 0 Å². The average molecular weight is 273 g/mol. The number of aliphatic hydroxyl groups is 1. The zero-order valence-electron chi connectivity index (χ0n) is 13.0. The minimum absolute atomic E-state index is 0.180. The Morgan fingerprint density at radius 1 is 1.37 bits per heavy atom. The second-order valence-corrected chi connectivity index (χ2v) is 6.50. The summed E-state index contributed by atoms with van der Waals surface area (Å²) < 4.78 is 11.1. The maximum absolute atomic E-state index is 10.0. The van der Waals surface area contributed by atoms with Crippen molar-refractivity contribution in [3.8, 4) is 0 Å². The van der Waals surface area contributed by atoms with Gasteiger partial charge in [0.25, 0.3) is 0 Å². The van der Waals surface area contributed by atoms with E-state index in [9.17, 15) is 5.11 Å². The number of piperidine rings is 1. The molecule has 0 aliphatic carbocycles. The summed E-state index contributed by atoms with van der Waals surface area (Å²) in [6.07, 6.45) is 2.04.